The van der Waals surface area contributed by atoms with Crippen LogP contribution in [0, 0.1) is 6.92 Å². The molecule has 1 aromatic heterocycles. The van der Waals surface area contributed by atoms with E-state index in [0.717, 1.165) is 13.1 Å². The third-order valence-corrected chi connectivity index (χ3v) is 3.60. The molecule has 0 bridgehead atoms. The van der Waals surface area contributed by atoms with Gasteiger partial charge in [0.15, 0.2) is 0 Å². The van der Waals surface area contributed by atoms with Crippen molar-refractivity contribution in [3.63, 3.8) is 0 Å². The first kappa shape index (κ1) is 14.1. The maximum absolute atomic E-state index is 5.79. The molecule has 0 saturated carbocycles. The largest absolute Gasteiger partial charge is 0.358 e. The number of nitrogens with two attached hydrogens (primary N) is 1. The molecule has 0 spiro atoms. The summed E-state index contributed by atoms with van der Waals surface area (Å²) in [5, 5.41) is 4.79. The van der Waals surface area contributed by atoms with Crippen LogP contribution in [-0.2, 0) is 5.41 Å². The van der Waals surface area contributed by atoms with Crippen molar-refractivity contribution in [2.75, 3.05) is 13.1 Å². The van der Waals surface area contributed by atoms with Crippen molar-refractivity contribution in [2.45, 2.75) is 39.2 Å². The molecule has 19 heavy (non-hydrogen) atoms. The number of fused-ring (bicyclic) bond motifs is 1. The number of para-hydroxylation sites is 1. The van der Waals surface area contributed by atoms with E-state index in [0.29, 0.717) is 0 Å². The maximum Gasteiger partial charge on any atom is 0.0459 e. The zero-order chi connectivity index (χ0) is 14.0. The molecule has 3 nitrogen and oxygen atoms in total. The summed E-state index contributed by atoms with van der Waals surface area (Å²) in [5.41, 5.74) is 9.75. The van der Waals surface area contributed by atoms with E-state index in [1.807, 2.05) is 6.92 Å². The van der Waals surface area contributed by atoms with Gasteiger partial charge in [0, 0.05) is 41.1 Å². The molecule has 4 N–H and O–H groups in total. The fourth-order valence-electron chi connectivity index (χ4n) is 2.85. The van der Waals surface area contributed by atoms with Gasteiger partial charge in [-0.05, 0) is 25.5 Å². The molecule has 3 heteroatoms. The highest BCUT2D eigenvalue weighted by atomic mass is 14.9. The lowest BCUT2D eigenvalue weighted by atomic mass is 9.82. The number of rotatable bonds is 5. The Hall–Kier alpha value is -1.32. The number of benzene rings is 1. The van der Waals surface area contributed by atoms with Gasteiger partial charge >= 0.3 is 0 Å². The van der Waals surface area contributed by atoms with Crippen LogP contribution in [0.3, 0.4) is 0 Å². The number of nitrogens with one attached hydrogen (secondary N) is 2. The molecule has 0 aliphatic rings. The summed E-state index contributed by atoms with van der Waals surface area (Å²) in [6.45, 7) is 10.5. The van der Waals surface area contributed by atoms with Crippen molar-refractivity contribution in [1.29, 1.82) is 0 Å². The first-order valence-electron chi connectivity index (χ1n) is 6.96. The van der Waals surface area contributed by atoms with Crippen LogP contribution in [0.2, 0.25) is 0 Å². The van der Waals surface area contributed by atoms with E-state index in [-0.39, 0.29) is 11.5 Å². The SMILES string of the molecule is Cc1[nH]c2ccccc2c1C(C)(C)CNCC(C)N. The van der Waals surface area contributed by atoms with Crippen LogP contribution >= 0.6 is 0 Å². The average Bonchev–Trinajstić information content (AvgIpc) is 2.64. The second-order valence-corrected chi connectivity index (χ2v) is 6.16. The van der Waals surface area contributed by atoms with Crippen molar-refractivity contribution in [1.82, 2.24) is 10.3 Å². The van der Waals surface area contributed by atoms with Crippen molar-refractivity contribution in [3.05, 3.63) is 35.5 Å². The van der Waals surface area contributed by atoms with Crippen molar-refractivity contribution in [3.8, 4) is 0 Å². The fraction of sp³-hybridized carbons (Fsp3) is 0.500. The average molecular weight is 259 g/mol. The minimum absolute atomic E-state index is 0.0819. The Bertz CT molecular complexity index is 552. The Morgan fingerprint density at radius 3 is 2.68 bits per heavy atom. The molecule has 1 atom stereocenters. The summed E-state index contributed by atoms with van der Waals surface area (Å²) in [6.07, 6.45) is 0. The number of aryl methyl sites for hydroxylation is 1. The van der Waals surface area contributed by atoms with Crippen molar-refractivity contribution >= 4 is 10.9 Å². The van der Waals surface area contributed by atoms with E-state index in [4.69, 9.17) is 5.73 Å². The Labute approximate surface area is 115 Å². The third kappa shape index (κ3) is 2.99. The summed E-state index contributed by atoms with van der Waals surface area (Å²) >= 11 is 0. The van der Waals surface area contributed by atoms with Gasteiger partial charge < -0.3 is 16.0 Å². The molecule has 0 fully saturated rings. The van der Waals surface area contributed by atoms with E-state index in [1.54, 1.807) is 0 Å². The number of hydrogen-bond donors (Lipinski definition) is 3. The molecule has 1 aromatic carbocycles. The molecule has 0 aliphatic carbocycles. The quantitative estimate of drug-likeness (QED) is 0.773. The van der Waals surface area contributed by atoms with Crippen LogP contribution < -0.4 is 11.1 Å². The van der Waals surface area contributed by atoms with Crippen molar-refractivity contribution < 1.29 is 0 Å². The number of aromatic nitrogens is 1. The Morgan fingerprint density at radius 1 is 1.32 bits per heavy atom. The lowest BCUT2D eigenvalue weighted by Crippen LogP contribution is -2.39. The highest BCUT2D eigenvalue weighted by molar-refractivity contribution is 5.85. The first-order chi connectivity index (χ1) is 8.92. The minimum atomic E-state index is 0.0819. The van der Waals surface area contributed by atoms with E-state index >= 15 is 0 Å². The lowest BCUT2D eigenvalue weighted by molar-refractivity contribution is 0.459. The highest BCUT2D eigenvalue weighted by Gasteiger charge is 2.25. The van der Waals surface area contributed by atoms with Gasteiger partial charge in [-0.2, -0.15) is 0 Å². The zero-order valence-corrected chi connectivity index (χ0v) is 12.4. The second kappa shape index (κ2) is 5.35. The predicted molar refractivity (Wildman–Crippen MR) is 82.6 cm³/mol. The Balaban J connectivity index is 2.29. The summed E-state index contributed by atoms with van der Waals surface area (Å²) in [6, 6.07) is 8.70. The lowest BCUT2D eigenvalue weighted by Gasteiger charge is -2.26. The monoisotopic (exact) mass is 259 g/mol. The van der Waals surface area contributed by atoms with Crippen LogP contribution in [0.4, 0.5) is 0 Å². The zero-order valence-electron chi connectivity index (χ0n) is 12.4. The van der Waals surface area contributed by atoms with Gasteiger partial charge in [-0.25, -0.2) is 0 Å². The second-order valence-electron chi connectivity index (χ2n) is 6.16. The maximum atomic E-state index is 5.79. The summed E-state index contributed by atoms with van der Waals surface area (Å²) < 4.78 is 0. The standard InChI is InChI=1S/C16H25N3/c1-11(17)9-18-10-16(3,4)15-12(2)19-14-8-6-5-7-13(14)15/h5-8,11,18-19H,9-10,17H2,1-4H3. The predicted octanol–water partition coefficient (Wildman–Crippen LogP) is 2.69. The van der Waals surface area contributed by atoms with E-state index in [2.05, 4.69) is 55.3 Å². The van der Waals surface area contributed by atoms with E-state index < -0.39 is 0 Å². The fourth-order valence-corrected chi connectivity index (χ4v) is 2.85. The topological polar surface area (TPSA) is 53.8 Å². The van der Waals surface area contributed by atoms with Gasteiger partial charge in [0.2, 0.25) is 0 Å². The first-order valence-corrected chi connectivity index (χ1v) is 6.96. The molecule has 1 heterocycles. The van der Waals surface area contributed by atoms with Crippen LogP contribution in [0.25, 0.3) is 10.9 Å². The summed E-state index contributed by atoms with van der Waals surface area (Å²) in [7, 11) is 0. The molecular weight excluding hydrogens is 234 g/mol. The van der Waals surface area contributed by atoms with Gasteiger partial charge in [0.05, 0.1) is 0 Å². The number of aromatic amines is 1. The third-order valence-electron chi connectivity index (χ3n) is 3.60. The highest BCUT2D eigenvalue weighted by Crippen LogP contribution is 2.32. The van der Waals surface area contributed by atoms with Gasteiger partial charge in [0.1, 0.15) is 0 Å². The molecular formula is C16H25N3. The number of hydrogen-bond acceptors (Lipinski definition) is 2. The summed E-state index contributed by atoms with van der Waals surface area (Å²) in [5.74, 6) is 0. The molecule has 0 aliphatic heterocycles. The van der Waals surface area contributed by atoms with Gasteiger partial charge in [-0.15, -0.1) is 0 Å². The summed E-state index contributed by atoms with van der Waals surface area (Å²) in [4.78, 5) is 3.48. The van der Waals surface area contributed by atoms with Crippen molar-refractivity contribution in [2.24, 2.45) is 5.73 Å². The van der Waals surface area contributed by atoms with E-state index in [1.165, 1.54) is 22.2 Å². The molecule has 1 unspecified atom stereocenters. The minimum Gasteiger partial charge on any atom is -0.358 e. The molecule has 0 saturated heterocycles. The van der Waals surface area contributed by atoms with Crippen LogP contribution in [0.1, 0.15) is 32.0 Å². The smallest absolute Gasteiger partial charge is 0.0459 e. The molecule has 104 valence electrons. The molecule has 0 amide bonds. The van der Waals surface area contributed by atoms with Gasteiger partial charge in [-0.3, -0.25) is 0 Å². The molecule has 0 radical (unpaired) electrons. The molecule has 2 rings (SSSR count). The van der Waals surface area contributed by atoms with Crippen LogP contribution in [-0.4, -0.2) is 24.1 Å². The number of H-pyrrole nitrogens is 1. The van der Waals surface area contributed by atoms with E-state index in [9.17, 15) is 0 Å². The Kier molecular flexibility index (Phi) is 3.97. The van der Waals surface area contributed by atoms with Crippen LogP contribution in [0.15, 0.2) is 24.3 Å². The Morgan fingerprint density at radius 2 is 2.00 bits per heavy atom. The molecule has 2 aromatic rings. The van der Waals surface area contributed by atoms with Gasteiger partial charge in [0.25, 0.3) is 0 Å². The van der Waals surface area contributed by atoms with Crippen LogP contribution in [0.5, 0.6) is 0 Å². The van der Waals surface area contributed by atoms with Gasteiger partial charge in [-0.1, -0.05) is 32.0 Å². The normalized spacial score (nSPS) is 13.9.